The van der Waals surface area contributed by atoms with Crippen LogP contribution in [0.4, 0.5) is 5.82 Å². The molecule has 0 aliphatic rings. The topological polar surface area (TPSA) is 29.0 Å². The van der Waals surface area contributed by atoms with Gasteiger partial charge in [0.1, 0.15) is 11.0 Å². The molecule has 1 heterocycles. The normalized spacial score (nSPS) is 9.73. The second-order valence-electron chi connectivity index (χ2n) is 2.21. The van der Waals surface area contributed by atoms with Crippen molar-refractivity contribution in [3.8, 4) is 0 Å². The number of rotatable bonds is 2. The molecule has 0 amide bonds. The summed E-state index contributed by atoms with van der Waals surface area (Å²) in [6.07, 6.45) is 3.21. The molecule has 0 bridgehead atoms. The summed E-state index contributed by atoms with van der Waals surface area (Å²) in [6.45, 7) is 2.94. The lowest BCUT2D eigenvalue weighted by Gasteiger charge is -2.14. The first-order valence-corrected chi connectivity index (χ1v) is 3.80. The number of anilines is 1. The maximum atomic E-state index is 5.65. The van der Waals surface area contributed by atoms with Crippen molar-refractivity contribution >= 4 is 17.4 Å². The second kappa shape index (κ2) is 3.53. The lowest BCUT2D eigenvalue weighted by molar-refractivity contribution is 0.928. The first-order valence-electron chi connectivity index (χ1n) is 3.42. The average Bonchev–Trinajstić information content (AvgIpc) is 2.03. The van der Waals surface area contributed by atoms with E-state index in [1.807, 2.05) is 18.9 Å². The van der Waals surface area contributed by atoms with Crippen LogP contribution in [0.1, 0.15) is 6.92 Å². The molecule has 0 fully saturated rings. The molecule has 60 valence electrons. The van der Waals surface area contributed by atoms with E-state index in [1.165, 1.54) is 6.20 Å². The fraction of sp³-hybridized carbons (Fsp3) is 0.429. The van der Waals surface area contributed by atoms with E-state index in [9.17, 15) is 0 Å². The minimum atomic E-state index is 0.433. The lowest BCUT2D eigenvalue weighted by atomic mass is 10.5. The van der Waals surface area contributed by atoms with Gasteiger partial charge >= 0.3 is 0 Å². The highest BCUT2D eigenvalue weighted by molar-refractivity contribution is 6.29. The van der Waals surface area contributed by atoms with Crippen molar-refractivity contribution in [1.82, 2.24) is 9.97 Å². The van der Waals surface area contributed by atoms with Gasteiger partial charge in [-0.1, -0.05) is 11.6 Å². The van der Waals surface area contributed by atoms with E-state index in [0.717, 1.165) is 12.4 Å². The Morgan fingerprint density at radius 3 is 2.82 bits per heavy atom. The maximum absolute atomic E-state index is 5.65. The molecule has 0 N–H and O–H groups in total. The molecule has 0 aromatic carbocycles. The Balaban J connectivity index is 2.86. The number of hydrogen-bond acceptors (Lipinski definition) is 3. The molecule has 11 heavy (non-hydrogen) atoms. The molecule has 0 spiro atoms. The van der Waals surface area contributed by atoms with Crippen molar-refractivity contribution in [1.29, 1.82) is 0 Å². The zero-order valence-electron chi connectivity index (χ0n) is 6.58. The fourth-order valence-corrected chi connectivity index (χ4v) is 0.821. The zero-order chi connectivity index (χ0) is 8.27. The summed E-state index contributed by atoms with van der Waals surface area (Å²) >= 11 is 5.65. The largest absolute Gasteiger partial charge is 0.359 e. The van der Waals surface area contributed by atoms with Crippen molar-refractivity contribution in [2.24, 2.45) is 0 Å². The molecule has 0 saturated carbocycles. The summed E-state index contributed by atoms with van der Waals surface area (Å²) < 4.78 is 0. The molecule has 0 saturated heterocycles. The molecule has 4 heteroatoms. The number of hydrogen-bond donors (Lipinski definition) is 0. The highest BCUT2D eigenvalue weighted by Crippen LogP contribution is 2.09. The predicted molar refractivity (Wildman–Crippen MR) is 46.0 cm³/mol. The van der Waals surface area contributed by atoms with Crippen LogP contribution in [0.5, 0.6) is 0 Å². The summed E-state index contributed by atoms with van der Waals surface area (Å²) in [4.78, 5) is 9.96. The summed E-state index contributed by atoms with van der Waals surface area (Å²) in [6, 6.07) is 0. The van der Waals surface area contributed by atoms with Gasteiger partial charge in [0.25, 0.3) is 0 Å². The molecule has 0 aliphatic carbocycles. The summed E-state index contributed by atoms with van der Waals surface area (Å²) in [5, 5.41) is 0.433. The van der Waals surface area contributed by atoms with Crippen molar-refractivity contribution in [2.75, 3.05) is 18.5 Å². The lowest BCUT2D eigenvalue weighted by Crippen LogP contribution is -2.17. The van der Waals surface area contributed by atoms with E-state index in [1.54, 1.807) is 6.20 Å². The van der Waals surface area contributed by atoms with Gasteiger partial charge in [-0.15, -0.1) is 0 Å². The fourth-order valence-electron chi connectivity index (χ4n) is 0.679. The predicted octanol–water partition coefficient (Wildman–Crippen LogP) is 1.59. The van der Waals surface area contributed by atoms with Gasteiger partial charge in [0.2, 0.25) is 0 Å². The van der Waals surface area contributed by atoms with Crippen LogP contribution in [0.25, 0.3) is 0 Å². The van der Waals surface area contributed by atoms with Gasteiger partial charge in [0, 0.05) is 13.6 Å². The van der Waals surface area contributed by atoms with Crippen LogP contribution in [0.15, 0.2) is 12.4 Å². The van der Waals surface area contributed by atoms with Crippen molar-refractivity contribution < 1.29 is 0 Å². The first-order chi connectivity index (χ1) is 5.24. The molecule has 1 aromatic rings. The second-order valence-corrected chi connectivity index (χ2v) is 2.60. The highest BCUT2D eigenvalue weighted by atomic mass is 35.5. The quantitative estimate of drug-likeness (QED) is 0.677. The summed E-state index contributed by atoms with van der Waals surface area (Å²) in [5.41, 5.74) is 0. The third-order valence-corrected chi connectivity index (χ3v) is 1.64. The molecular weight excluding hydrogens is 162 g/mol. The Morgan fingerprint density at radius 2 is 2.27 bits per heavy atom. The Bertz CT molecular complexity index is 239. The minimum Gasteiger partial charge on any atom is -0.359 e. The Hall–Kier alpha value is -0.830. The molecule has 1 rings (SSSR count). The smallest absolute Gasteiger partial charge is 0.149 e. The average molecular weight is 172 g/mol. The third kappa shape index (κ3) is 2.05. The highest BCUT2D eigenvalue weighted by Gasteiger charge is 1.99. The molecule has 0 radical (unpaired) electrons. The van der Waals surface area contributed by atoms with Gasteiger partial charge in [-0.2, -0.15) is 0 Å². The Morgan fingerprint density at radius 1 is 1.55 bits per heavy atom. The van der Waals surface area contributed by atoms with E-state index in [0.29, 0.717) is 5.15 Å². The van der Waals surface area contributed by atoms with E-state index in [2.05, 4.69) is 9.97 Å². The third-order valence-electron chi connectivity index (χ3n) is 1.46. The van der Waals surface area contributed by atoms with E-state index >= 15 is 0 Å². The molecule has 1 aromatic heterocycles. The van der Waals surface area contributed by atoms with Gasteiger partial charge in [-0.25, -0.2) is 4.98 Å². The van der Waals surface area contributed by atoms with Gasteiger partial charge in [-0.3, -0.25) is 4.98 Å². The summed E-state index contributed by atoms with van der Waals surface area (Å²) in [5.74, 6) is 0.806. The Kier molecular flexibility index (Phi) is 2.65. The van der Waals surface area contributed by atoms with Crippen LogP contribution in [-0.2, 0) is 0 Å². The molecule has 0 unspecified atom stereocenters. The molecule has 0 atom stereocenters. The van der Waals surface area contributed by atoms with Crippen molar-refractivity contribution in [3.63, 3.8) is 0 Å². The van der Waals surface area contributed by atoms with Crippen LogP contribution in [0.2, 0.25) is 5.15 Å². The van der Waals surface area contributed by atoms with Crippen LogP contribution in [0, 0.1) is 0 Å². The number of nitrogens with zero attached hydrogens (tertiary/aromatic N) is 3. The molecular formula is C7H10ClN3. The van der Waals surface area contributed by atoms with Crippen molar-refractivity contribution in [3.05, 3.63) is 17.5 Å². The first kappa shape index (κ1) is 8.27. The number of halogens is 1. The van der Waals surface area contributed by atoms with Gasteiger partial charge in [-0.05, 0) is 6.92 Å². The van der Waals surface area contributed by atoms with Crippen LogP contribution < -0.4 is 4.90 Å². The SMILES string of the molecule is CCN(C)c1cncc(Cl)n1. The van der Waals surface area contributed by atoms with E-state index in [4.69, 9.17) is 11.6 Å². The van der Waals surface area contributed by atoms with Gasteiger partial charge in [0.05, 0.1) is 12.4 Å². The van der Waals surface area contributed by atoms with Gasteiger partial charge in [0.15, 0.2) is 0 Å². The summed E-state index contributed by atoms with van der Waals surface area (Å²) in [7, 11) is 1.94. The monoisotopic (exact) mass is 171 g/mol. The number of aromatic nitrogens is 2. The maximum Gasteiger partial charge on any atom is 0.149 e. The standard InChI is InChI=1S/C7H10ClN3/c1-3-11(2)7-5-9-4-6(8)10-7/h4-5H,3H2,1-2H3. The van der Waals surface area contributed by atoms with Crippen molar-refractivity contribution in [2.45, 2.75) is 6.92 Å². The van der Waals surface area contributed by atoms with Crippen LogP contribution >= 0.6 is 11.6 Å². The molecule has 3 nitrogen and oxygen atoms in total. The Labute approximate surface area is 71.0 Å². The van der Waals surface area contributed by atoms with Crippen LogP contribution in [-0.4, -0.2) is 23.6 Å². The van der Waals surface area contributed by atoms with E-state index in [-0.39, 0.29) is 0 Å². The zero-order valence-corrected chi connectivity index (χ0v) is 7.34. The van der Waals surface area contributed by atoms with Gasteiger partial charge < -0.3 is 4.90 Å². The minimum absolute atomic E-state index is 0.433. The molecule has 0 aliphatic heterocycles. The van der Waals surface area contributed by atoms with Crippen LogP contribution in [0.3, 0.4) is 0 Å². The van der Waals surface area contributed by atoms with E-state index < -0.39 is 0 Å².